The van der Waals surface area contributed by atoms with E-state index >= 15 is 0 Å². The molecule has 8 heteroatoms. The average molecular weight is 344 g/mol. The summed E-state index contributed by atoms with van der Waals surface area (Å²) in [6.45, 7) is 6.75. The number of aryl methyl sites for hydroxylation is 2. The standard InChI is InChI=1S/C16H20N6OS/c1-10(8-22-12(3)17-11(2)18-22)16(23)21(4)9-13-5-6-14-15(7-13)20-24-19-14/h5-7,10H,8-9H2,1-4H3/t10-/m0/s1. The zero-order valence-electron chi connectivity index (χ0n) is 14.2. The van der Waals surface area contributed by atoms with Gasteiger partial charge in [-0.15, -0.1) is 0 Å². The third-order valence-corrected chi connectivity index (χ3v) is 4.50. The molecular formula is C16H20N6OS. The van der Waals surface area contributed by atoms with E-state index in [-0.39, 0.29) is 11.8 Å². The zero-order chi connectivity index (χ0) is 17.3. The topological polar surface area (TPSA) is 76.8 Å². The molecule has 1 amide bonds. The number of carbonyl (C=O) groups excluding carboxylic acids is 1. The number of nitrogens with zero attached hydrogens (tertiary/aromatic N) is 6. The average Bonchev–Trinajstić information content (AvgIpc) is 3.12. The van der Waals surface area contributed by atoms with Crippen molar-refractivity contribution in [3.63, 3.8) is 0 Å². The number of hydrogen-bond donors (Lipinski definition) is 0. The number of rotatable bonds is 5. The monoisotopic (exact) mass is 344 g/mol. The lowest BCUT2D eigenvalue weighted by molar-refractivity contribution is -0.134. The van der Waals surface area contributed by atoms with Crippen LogP contribution in [0.4, 0.5) is 0 Å². The Balaban J connectivity index is 1.65. The molecule has 0 bridgehead atoms. The van der Waals surface area contributed by atoms with Crippen molar-refractivity contribution in [2.45, 2.75) is 33.9 Å². The van der Waals surface area contributed by atoms with E-state index in [0.717, 1.165) is 28.2 Å². The lowest BCUT2D eigenvalue weighted by atomic mass is 10.1. The Bertz CT molecular complexity index is 870. The maximum absolute atomic E-state index is 12.6. The summed E-state index contributed by atoms with van der Waals surface area (Å²) in [6.07, 6.45) is 0. The first-order valence-electron chi connectivity index (χ1n) is 7.78. The van der Waals surface area contributed by atoms with E-state index in [9.17, 15) is 4.79 Å². The first kappa shape index (κ1) is 16.5. The van der Waals surface area contributed by atoms with Gasteiger partial charge in [-0.3, -0.25) is 4.79 Å². The van der Waals surface area contributed by atoms with Crippen LogP contribution < -0.4 is 0 Å². The van der Waals surface area contributed by atoms with Crippen LogP contribution in [0.3, 0.4) is 0 Å². The summed E-state index contributed by atoms with van der Waals surface area (Å²) in [6, 6.07) is 5.92. The molecule has 1 atom stereocenters. The van der Waals surface area contributed by atoms with Gasteiger partial charge in [0.25, 0.3) is 0 Å². The Labute approximate surface area is 144 Å². The molecule has 7 nitrogen and oxygen atoms in total. The molecule has 0 aliphatic rings. The lowest BCUT2D eigenvalue weighted by Crippen LogP contribution is -2.33. The highest BCUT2D eigenvalue weighted by Gasteiger charge is 2.20. The largest absolute Gasteiger partial charge is 0.341 e. The van der Waals surface area contributed by atoms with E-state index in [1.54, 1.807) is 9.58 Å². The zero-order valence-corrected chi connectivity index (χ0v) is 15.0. The van der Waals surface area contributed by atoms with E-state index in [1.165, 1.54) is 11.7 Å². The van der Waals surface area contributed by atoms with Crippen molar-refractivity contribution >= 4 is 28.7 Å². The molecule has 3 aromatic rings. The number of fused-ring (bicyclic) bond motifs is 1. The number of aromatic nitrogens is 5. The fourth-order valence-corrected chi connectivity index (χ4v) is 3.24. The first-order valence-corrected chi connectivity index (χ1v) is 8.51. The molecule has 1 aromatic carbocycles. The molecule has 0 spiro atoms. The minimum Gasteiger partial charge on any atom is -0.341 e. The molecule has 0 N–H and O–H groups in total. The summed E-state index contributed by atoms with van der Waals surface area (Å²) < 4.78 is 10.2. The number of amides is 1. The Kier molecular flexibility index (Phi) is 4.57. The van der Waals surface area contributed by atoms with E-state index in [4.69, 9.17) is 0 Å². The molecule has 0 aliphatic heterocycles. The van der Waals surface area contributed by atoms with E-state index < -0.39 is 0 Å². The summed E-state index contributed by atoms with van der Waals surface area (Å²) in [5.41, 5.74) is 2.81. The van der Waals surface area contributed by atoms with Crippen LogP contribution in [-0.4, -0.2) is 41.4 Å². The van der Waals surface area contributed by atoms with Gasteiger partial charge in [0.1, 0.15) is 22.7 Å². The second kappa shape index (κ2) is 6.64. The highest BCUT2D eigenvalue weighted by molar-refractivity contribution is 7.00. The normalized spacial score (nSPS) is 12.5. The van der Waals surface area contributed by atoms with Crippen molar-refractivity contribution in [3.05, 3.63) is 35.4 Å². The summed E-state index contributed by atoms with van der Waals surface area (Å²) in [5.74, 6) is 1.47. The molecule has 126 valence electrons. The molecule has 0 aliphatic carbocycles. The van der Waals surface area contributed by atoms with Crippen molar-refractivity contribution in [3.8, 4) is 0 Å². The van der Waals surface area contributed by atoms with Gasteiger partial charge in [-0.2, -0.15) is 13.8 Å². The van der Waals surface area contributed by atoms with Crippen LogP contribution in [0, 0.1) is 19.8 Å². The van der Waals surface area contributed by atoms with Crippen LogP contribution in [0.25, 0.3) is 11.0 Å². The highest BCUT2D eigenvalue weighted by atomic mass is 32.1. The molecule has 2 heterocycles. The van der Waals surface area contributed by atoms with Crippen molar-refractivity contribution < 1.29 is 4.79 Å². The predicted octanol–water partition coefficient (Wildman–Crippen LogP) is 2.19. The van der Waals surface area contributed by atoms with Crippen molar-refractivity contribution in [1.82, 2.24) is 28.4 Å². The predicted molar refractivity (Wildman–Crippen MR) is 92.5 cm³/mol. The minimum absolute atomic E-state index is 0.0825. The molecule has 0 fully saturated rings. The summed E-state index contributed by atoms with van der Waals surface area (Å²) in [4.78, 5) is 18.6. The third kappa shape index (κ3) is 3.43. The van der Waals surface area contributed by atoms with Gasteiger partial charge in [0.2, 0.25) is 5.91 Å². The fourth-order valence-electron chi connectivity index (χ4n) is 2.73. The van der Waals surface area contributed by atoms with Crippen molar-refractivity contribution in [1.29, 1.82) is 0 Å². The summed E-state index contributed by atoms with van der Waals surface area (Å²) in [5, 5.41) is 4.32. The Hall–Kier alpha value is -2.35. The molecule has 0 saturated carbocycles. The smallest absolute Gasteiger partial charge is 0.227 e. The Morgan fingerprint density at radius 2 is 2.04 bits per heavy atom. The van der Waals surface area contributed by atoms with Crippen LogP contribution in [0.5, 0.6) is 0 Å². The van der Waals surface area contributed by atoms with Gasteiger partial charge in [0.05, 0.1) is 24.2 Å². The van der Waals surface area contributed by atoms with E-state index in [1.807, 2.05) is 46.0 Å². The van der Waals surface area contributed by atoms with Crippen LogP contribution in [0.15, 0.2) is 18.2 Å². The Morgan fingerprint density at radius 1 is 1.29 bits per heavy atom. The second-order valence-corrected chi connectivity index (χ2v) is 6.60. The van der Waals surface area contributed by atoms with Crippen molar-refractivity contribution in [2.24, 2.45) is 5.92 Å². The summed E-state index contributed by atoms with van der Waals surface area (Å²) in [7, 11) is 1.82. The third-order valence-electron chi connectivity index (χ3n) is 3.95. The minimum atomic E-state index is -0.167. The summed E-state index contributed by atoms with van der Waals surface area (Å²) >= 11 is 1.20. The maximum atomic E-state index is 12.6. The number of benzene rings is 1. The molecule has 0 saturated heterocycles. The maximum Gasteiger partial charge on any atom is 0.227 e. The van der Waals surface area contributed by atoms with E-state index in [0.29, 0.717) is 13.1 Å². The molecule has 0 unspecified atom stereocenters. The van der Waals surface area contributed by atoms with Gasteiger partial charge < -0.3 is 4.90 Å². The van der Waals surface area contributed by atoms with Gasteiger partial charge in [-0.05, 0) is 31.5 Å². The van der Waals surface area contributed by atoms with Crippen LogP contribution >= 0.6 is 11.7 Å². The number of carbonyl (C=O) groups is 1. The van der Waals surface area contributed by atoms with Gasteiger partial charge in [0.15, 0.2) is 0 Å². The van der Waals surface area contributed by atoms with Gasteiger partial charge >= 0.3 is 0 Å². The molecule has 24 heavy (non-hydrogen) atoms. The van der Waals surface area contributed by atoms with E-state index in [2.05, 4.69) is 18.8 Å². The van der Waals surface area contributed by atoms with Gasteiger partial charge in [-0.1, -0.05) is 13.0 Å². The first-order chi connectivity index (χ1) is 11.4. The molecular weight excluding hydrogens is 324 g/mol. The molecule has 0 radical (unpaired) electrons. The van der Waals surface area contributed by atoms with Crippen LogP contribution in [0.2, 0.25) is 0 Å². The highest BCUT2D eigenvalue weighted by Crippen LogP contribution is 2.16. The number of hydrogen-bond acceptors (Lipinski definition) is 6. The molecule has 3 rings (SSSR count). The fraction of sp³-hybridized carbons (Fsp3) is 0.438. The van der Waals surface area contributed by atoms with Crippen molar-refractivity contribution in [2.75, 3.05) is 7.05 Å². The molecule has 2 aromatic heterocycles. The second-order valence-electron chi connectivity index (χ2n) is 6.07. The SMILES string of the molecule is Cc1nc(C)n(C[C@H](C)C(=O)N(C)Cc2ccc3nsnc3c2)n1. The van der Waals surface area contributed by atoms with Gasteiger partial charge in [-0.25, -0.2) is 9.67 Å². The quantitative estimate of drug-likeness (QED) is 0.709. The lowest BCUT2D eigenvalue weighted by Gasteiger charge is -2.21. The van der Waals surface area contributed by atoms with Gasteiger partial charge in [0, 0.05) is 13.6 Å². The Morgan fingerprint density at radius 3 is 2.75 bits per heavy atom. The van der Waals surface area contributed by atoms with Crippen LogP contribution in [0.1, 0.15) is 24.1 Å². The van der Waals surface area contributed by atoms with Crippen LogP contribution in [-0.2, 0) is 17.9 Å².